The van der Waals surface area contributed by atoms with Crippen LogP contribution in [0.15, 0.2) is 0 Å². The Labute approximate surface area is 93.7 Å². The van der Waals surface area contributed by atoms with Crippen LogP contribution >= 0.6 is 0 Å². The Hall–Kier alpha value is -1.10. The molecule has 90 valence electrons. The van der Waals surface area contributed by atoms with Gasteiger partial charge in [0.1, 0.15) is 6.10 Å². The van der Waals surface area contributed by atoms with E-state index in [0.717, 1.165) is 12.8 Å². The summed E-state index contributed by atoms with van der Waals surface area (Å²) in [6.07, 6.45) is 2.18. The quantitative estimate of drug-likeness (QED) is 0.554. The number of fused-ring (bicyclic) bond motifs is 1. The van der Waals surface area contributed by atoms with Gasteiger partial charge in [-0.1, -0.05) is 6.42 Å². The van der Waals surface area contributed by atoms with Gasteiger partial charge in [0.05, 0.1) is 7.11 Å². The van der Waals surface area contributed by atoms with Gasteiger partial charge in [0, 0.05) is 18.9 Å². The molecule has 0 amide bonds. The third-order valence-electron chi connectivity index (χ3n) is 3.75. The molecule has 1 aliphatic heterocycles. The second kappa shape index (κ2) is 4.05. The van der Waals surface area contributed by atoms with E-state index in [4.69, 9.17) is 14.6 Å². The summed E-state index contributed by atoms with van der Waals surface area (Å²) in [6, 6.07) is 0. The highest BCUT2D eigenvalue weighted by molar-refractivity contribution is 6.02. The van der Waals surface area contributed by atoms with Crippen molar-refractivity contribution < 1.29 is 24.2 Å². The third kappa shape index (κ3) is 1.34. The lowest BCUT2D eigenvalue weighted by Crippen LogP contribution is -2.39. The largest absolute Gasteiger partial charge is 0.468 e. The van der Waals surface area contributed by atoms with E-state index in [2.05, 4.69) is 0 Å². The van der Waals surface area contributed by atoms with Crippen LogP contribution in [-0.2, 0) is 19.1 Å². The number of rotatable bonds is 3. The summed E-state index contributed by atoms with van der Waals surface area (Å²) in [5.74, 6) is -1.08. The molecule has 1 N–H and O–H groups in total. The minimum atomic E-state index is -1.09. The summed E-state index contributed by atoms with van der Waals surface area (Å²) in [7, 11) is 1.29. The number of carbonyl (C=O) groups is 2. The molecule has 0 bridgehead atoms. The molecule has 1 heterocycles. The number of carbonyl (C=O) groups excluding carboxylic acids is 2. The predicted molar refractivity (Wildman–Crippen MR) is 53.4 cm³/mol. The van der Waals surface area contributed by atoms with E-state index < -0.39 is 17.4 Å². The molecule has 2 rings (SSSR count). The molecule has 2 aliphatic rings. The van der Waals surface area contributed by atoms with Crippen LogP contribution in [0.5, 0.6) is 0 Å². The molecule has 2 fully saturated rings. The molecule has 1 aliphatic carbocycles. The highest BCUT2D eigenvalue weighted by atomic mass is 16.6. The maximum absolute atomic E-state index is 11.9. The Bertz CT molecular complexity index is 313. The molecule has 1 saturated heterocycles. The lowest BCUT2D eigenvalue weighted by molar-refractivity contribution is -0.163. The van der Waals surface area contributed by atoms with Crippen molar-refractivity contribution in [1.29, 1.82) is 0 Å². The monoisotopic (exact) mass is 228 g/mol. The van der Waals surface area contributed by atoms with Crippen LogP contribution in [0.3, 0.4) is 0 Å². The van der Waals surface area contributed by atoms with Gasteiger partial charge in [-0.05, 0) is 12.8 Å². The number of ether oxygens (including phenoxy) is 2. The minimum absolute atomic E-state index is 0.0360. The fourth-order valence-corrected chi connectivity index (χ4v) is 3.02. The number of methoxy groups -OCH3 is 1. The zero-order chi connectivity index (χ0) is 11.8. The van der Waals surface area contributed by atoms with Gasteiger partial charge in [0.25, 0.3) is 0 Å². The number of esters is 2. The third-order valence-corrected chi connectivity index (χ3v) is 3.75. The predicted octanol–water partition coefficient (Wildman–Crippen LogP) is 0.254. The summed E-state index contributed by atoms with van der Waals surface area (Å²) < 4.78 is 9.93. The van der Waals surface area contributed by atoms with Crippen molar-refractivity contribution in [2.45, 2.75) is 31.8 Å². The van der Waals surface area contributed by atoms with Crippen molar-refractivity contribution in [3.05, 3.63) is 0 Å². The standard InChI is InChI=1S/C11H16O5/c1-15-9(13)11-5-2-3-7(11)8(4-6-12)16-10(11)14/h7-8,12H,2-6H2,1H3/t7-,8-,11-/m1/s1. The summed E-state index contributed by atoms with van der Waals surface area (Å²) >= 11 is 0. The van der Waals surface area contributed by atoms with Gasteiger partial charge < -0.3 is 14.6 Å². The van der Waals surface area contributed by atoms with Crippen molar-refractivity contribution >= 4 is 11.9 Å². The fraction of sp³-hybridized carbons (Fsp3) is 0.818. The first-order chi connectivity index (χ1) is 7.66. The number of aliphatic hydroxyl groups is 1. The second-order valence-corrected chi connectivity index (χ2v) is 4.42. The van der Waals surface area contributed by atoms with Gasteiger partial charge in [-0.25, -0.2) is 0 Å². The van der Waals surface area contributed by atoms with Crippen molar-refractivity contribution in [2.75, 3.05) is 13.7 Å². The van der Waals surface area contributed by atoms with E-state index in [1.54, 1.807) is 0 Å². The first-order valence-corrected chi connectivity index (χ1v) is 5.57. The average molecular weight is 228 g/mol. The van der Waals surface area contributed by atoms with Gasteiger partial charge in [0.15, 0.2) is 5.41 Å². The first kappa shape index (κ1) is 11.4. The first-order valence-electron chi connectivity index (χ1n) is 5.57. The zero-order valence-electron chi connectivity index (χ0n) is 9.27. The van der Waals surface area contributed by atoms with E-state index in [-0.39, 0.29) is 18.6 Å². The Morgan fingerprint density at radius 2 is 2.44 bits per heavy atom. The van der Waals surface area contributed by atoms with E-state index >= 15 is 0 Å². The van der Waals surface area contributed by atoms with Crippen LogP contribution in [0.2, 0.25) is 0 Å². The van der Waals surface area contributed by atoms with Crippen LogP contribution in [0.4, 0.5) is 0 Å². The topological polar surface area (TPSA) is 72.8 Å². The van der Waals surface area contributed by atoms with E-state index in [9.17, 15) is 9.59 Å². The summed E-state index contributed by atoms with van der Waals surface area (Å²) in [4.78, 5) is 23.7. The van der Waals surface area contributed by atoms with Crippen LogP contribution in [0, 0.1) is 11.3 Å². The molecule has 1 saturated carbocycles. The van der Waals surface area contributed by atoms with Gasteiger partial charge in [0.2, 0.25) is 0 Å². The van der Waals surface area contributed by atoms with Crippen LogP contribution < -0.4 is 0 Å². The summed E-state index contributed by atoms with van der Waals surface area (Å²) in [5.41, 5.74) is -1.09. The van der Waals surface area contributed by atoms with Gasteiger partial charge in [-0.15, -0.1) is 0 Å². The zero-order valence-corrected chi connectivity index (χ0v) is 9.27. The van der Waals surface area contributed by atoms with Gasteiger partial charge in [-0.2, -0.15) is 0 Å². The van der Waals surface area contributed by atoms with Crippen molar-refractivity contribution in [2.24, 2.45) is 11.3 Å². The second-order valence-electron chi connectivity index (χ2n) is 4.42. The van der Waals surface area contributed by atoms with E-state index in [1.807, 2.05) is 0 Å². The highest BCUT2D eigenvalue weighted by Crippen LogP contribution is 2.52. The van der Waals surface area contributed by atoms with Crippen molar-refractivity contribution in [3.8, 4) is 0 Å². The molecular formula is C11H16O5. The molecule has 0 radical (unpaired) electrons. The molecule has 5 heteroatoms. The normalized spacial score (nSPS) is 37.0. The smallest absolute Gasteiger partial charge is 0.324 e. The minimum Gasteiger partial charge on any atom is -0.468 e. The number of cyclic esters (lactones) is 1. The lowest BCUT2D eigenvalue weighted by atomic mass is 9.77. The van der Waals surface area contributed by atoms with Gasteiger partial charge in [-0.3, -0.25) is 9.59 Å². The Morgan fingerprint density at radius 3 is 3.06 bits per heavy atom. The lowest BCUT2D eigenvalue weighted by Gasteiger charge is -2.22. The van der Waals surface area contributed by atoms with Crippen molar-refractivity contribution in [1.82, 2.24) is 0 Å². The fourth-order valence-electron chi connectivity index (χ4n) is 3.02. The molecular weight excluding hydrogens is 212 g/mol. The molecule has 0 aromatic rings. The molecule has 0 unspecified atom stereocenters. The summed E-state index contributed by atoms with van der Waals surface area (Å²) in [5, 5.41) is 8.91. The Kier molecular flexibility index (Phi) is 2.88. The van der Waals surface area contributed by atoms with Crippen LogP contribution in [0.25, 0.3) is 0 Å². The molecule has 0 aromatic carbocycles. The molecule has 3 atom stereocenters. The summed E-state index contributed by atoms with van der Waals surface area (Å²) in [6.45, 7) is -0.0360. The van der Waals surface area contributed by atoms with E-state index in [0.29, 0.717) is 12.8 Å². The van der Waals surface area contributed by atoms with Gasteiger partial charge >= 0.3 is 11.9 Å². The molecule has 0 spiro atoms. The highest BCUT2D eigenvalue weighted by Gasteiger charge is 2.64. The van der Waals surface area contributed by atoms with Crippen LogP contribution in [0.1, 0.15) is 25.7 Å². The Balaban J connectivity index is 2.29. The average Bonchev–Trinajstić information content (AvgIpc) is 2.81. The maximum atomic E-state index is 11.9. The number of hydrogen-bond acceptors (Lipinski definition) is 5. The van der Waals surface area contributed by atoms with E-state index in [1.165, 1.54) is 7.11 Å². The molecule has 0 aromatic heterocycles. The number of hydrogen-bond donors (Lipinski definition) is 1. The molecule has 5 nitrogen and oxygen atoms in total. The Morgan fingerprint density at radius 1 is 1.69 bits per heavy atom. The SMILES string of the molecule is COC(=O)[C@@]12CCC[C@@H]1[C@@H](CCO)OC2=O. The molecule has 16 heavy (non-hydrogen) atoms. The van der Waals surface area contributed by atoms with Crippen LogP contribution in [-0.4, -0.2) is 36.9 Å². The van der Waals surface area contributed by atoms with Crippen molar-refractivity contribution in [3.63, 3.8) is 0 Å². The maximum Gasteiger partial charge on any atom is 0.324 e. The number of aliphatic hydroxyl groups excluding tert-OH is 1.